The van der Waals surface area contributed by atoms with Gasteiger partial charge in [0, 0.05) is 32.7 Å². The van der Waals surface area contributed by atoms with Crippen molar-refractivity contribution in [2.24, 2.45) is 0 Å². The molecule has 1 unspecified atom stereocenters. The molecule has 1 aliphatic heterocycles. The van der Waals surface area contributed by atoms with Gasteiger partial charge in [-0.2, -0.15) is 13.2 Å². The maximum Gasteiger partial charge on any atom is 0.403 e. The van der Waals surface area contributed by atoms with Crippen molar-refractivity contribution >= 4 is 17.0 Å². The lowest BCUT2D eigenvalue weighted by Gasteiger charge is -2.38. The number of aryl methyl sites for hydroxylation is 1. The summed E-state index contributed by atoms with van der Waals surface area (Å²) in [6.45, 7) is 5.64. The molecular weight excluding hydrogens is 309 g/mol. The van der Waals surface area contributed by atoms with Crippen molar-refractivity contribution in [1.29, 1.82) is 0 Å². The molecule has 0 aliphatic carbocycles. The Balaban J connectivity index is 1.77. The third-order valence-electron chi connectivity index (χ3n) is 4.36. The molecule has 0 amide bonds. The molecule has 0 aromatic carbocycles. The molecule has 9 heteroatoms. The summed E-state index contributed by atoms with van der Waals surface area (Å²) in [5.74, 6) is 0.696. The Labute approximate surface area is 131 Å². The predicted octanol–water partition coefficient (Wildman–Crippen LogP) is 1.92. The van der Waals surface area contributed by atoms with Crippen LogP contribution in [0.4, 0.5) is 19.0 Å². The maximum absolute atomic E-state index is 12.8. The summed E-state index contributed by atoms with van der Waals surface area (Å²) in [7, 11) is 0. The molecule has 1 fully saturated rings. The van der Waals surface area contributed by atoms with E-state index in [1.54, 1.807) is 6.33 Å². The summed E-state index contributed by atoms with van der Waals surface area (Å²) in [5.41, 5.74) is 1.45. The van der Waals surface area contributed by atoms with Gasteiger partial charge in [0.1, 0.15) is 12.4 Å². The van der Waals surface area contributed by atoms with Crippen molar-refractivity contribution in [1.82, 2.24) is 24.4 Å². The largest absolute Gasteiger partial charge is 0.403 e. The van der Waals surface area contributed by atoms with Crippen LogP contribution in [0.5, 0.6) is 0 Å². The zero-order valence-electron chi connectivity index (χ0n) is 13.1. The molecule has 2 aromatic heterocycles. The van der Waals surface area contributed by atoms with Crippen LogP contribution in [0.2, 0.25) is 0 Å². The van der Waals surface area contributed by atoms with Gasteiger partial charge in [-0.1, -0.05) is 0 Å². The van der Waals surface area contributed by atoms with Crippen molar-refractivity contribution in [2.75, 3.05) is 31.1 Å². The van der Waals surface area contributed by atoms with Gasteiger partial charge in [-0.05, 0) is 13.8 Å². The van der Waals surface area contributed by atoms with E-state index in [0.717, 1.165) is 12.2 Å². The zero-order chi connectivity index (χ0) is 16.6. The normalized spacial score (nSPS) is 18.6. The highest BCUT2D eigenvalue weighted by molar-refractivity contribution is 5.83. The molecule has 6 nitrogen and oxygen atoms in total. The van der Waals surface area contributed by atoms with Crippen molar-refractivity contribution in [3.63, 3.8) is 0 Å². The number of alkyl halides is 3. The minimum atomic E-state index is -4.19. The first-order valence-electron chi connectivity index (χ1n) is 7.63. The monoisotopic (exact) mass is 328 g/mol. The molecule has 3 heterocycles. The van der Waals surface area contributed by atoms with E-state index in [0.29, 0.717) is 37.5 Å². The number of halogens is 3. The molecule has 1 atom stereocenters. The fraction of sp³-hybridized carbons (Fsp3) is 0.643. The molecule has 1 saturated heterocycles. The second kappa shape index (κ2) is 5.95. The van der Waals surface area contributed by atoms with Crippen LogP contribution in [0.15, 0.2) is 12.7 Å². The van der Waals surface area contributed by atoms with Gasteiger partial charge in [-0.3, -0.25) is 4.90 Å². The number of imidazole rings is 1. The van der Waals surface area contributed by atoms with Crippen LogP contribution >= 0.6 is 0 Å². The number of hydrogen-bond acceptors (Lipinski definition) is 5. The highest BCUT2D eigenvalue weighted by Gasteiger charge is 2.41. The number of nitrogens with zero attached hydrogens (tertiary/aromatic N) is 6. The number of rotatable bonds is 3. The number of anilines is 1. The third-order valence-corrected chi connectivity index (χ3v) is 4.36. The van der Waals surface area contributed by atoms with E-state index >= 15 is 0 Å². The van der Waals surface area contributed by atoms with E-state index in [-0.39, 0.29) is 0 Å². The van der Waals surface area contributed by atoms with Crippen LogP contribution in [0, 0.1) is 0 Å². The van der Waals surface area contributed by atoms with Gasteiger partial charge < -0.3 is 9.47 Å². The van der Waals surface area contributed by atoms with E-state index in [1.165, 1.54) is 18.2 Å². The highest BCUT2D eigenvalue weighted by atomic mass is 19.4. The van der Waals surface area contributed by atoms with E-state index in [9.17, 15) is 13.2 Å². The Morgan fingerprint density at radius 2 is 1.83 bits per heavy atom. The number of aromatic nitrogens is 4. The van der Waals surface area contributed by atoms with E-state index < -0.39 is 12.2 Å². The summed E-state index contributed by atoms with van der Waals surface area (Å²) in [6, 6.07) is -1.42. The molecule has 0 radical (unpaired) electrons. The molecule has 0 saturated carbocycles. The van der Waals surface area contributed by atoms with Crippen LogP contribution in [0.3, 0.4) is 0 Å². The Morgan fingerprint density at radius 3 is 2.43 bits per heavy atom. The molecule has 126 valence electrons. The van der Waals surface area contributed by atoms with Crippen LogP contribution in [-0.2, 0) is 6.54 Å². The number of hydrogen-bond donors (Lipinski definition) is 0. The van der Waals surface area contributed by atoms with Crippen LogP contribution in [0.25, 0.3) is 11.2 Å². The molecule has 2 aromatic rings. The summed E-state index contributed by atoms with van der Waals surface area (Å²) < 4.78 is 40.4. The van der Waals surface area contributed by atoms with Crippen molar-refractivity contribution in [3.8, 4) is 0 Å². The van der Waals surface area contributed by atoms with Gasteiger partial charge in [0.25, 0.3) is 0 Å². The molecule has 1 aliphatic rings. The van der Waals surface area contributed by atoms with E-state index in [1.807, 2.05) is 16.4 Å². The minimum Gasteiger partial charge on any atom is -0.352 e. The van der Waals surface area contributed by atoms with Gasteiger partial charge in [0.2, 0.25) is 0 Å². The third kappa shape index (κ3) is 2.97. The Hall–Kier alpha value is -1.90. The lowest BCUT2D eigenvalue weighted by Crippen LogP contribution is -2.53. The summed E-state index contributed by atoms with van der Waals surface area (Å²) in [5, 5.41) is 0. The smallest absolute Gasteiger partial charge is 0.352 e. The second-order valence-corrected chi connectivity index (χ2v) is 5.64. The molecule has 0 spiro atoms. The van der Waals surface area contributed by atoms with Crippen molar-refractivity contribution < 1.29 is 13.2 Å². The molecule has 23 heavy (non-hydrogen) atoms. The topological polar surface area (TPSA) is 50.1 Å². The first-order chi connectivity index (χ1) is 10.9. The number of fused-ring (bicyclic) bond motifs is 1. The Morgan fingerprint density at radius 1 is 1.13 bits per heavy atom. The second-order valence-electron chi connectivity index (χ2n) is 5.64. The quantitative estimate of drug-likeness (QED) is 0.862. The van der Waals surface area contributed by atoms with Gasteiger partial charge in [-0.15, -0.1) is 0 Å². The lowest BCUT2D eigenvalue weighted by atomic mass is 10.2. The lowest BCUT2D eigenvalue weighted by molar-refractivity contribution is -0.179. The molecule has 3 rings (SSSR count). The summed E-state index contributed by atoms with van der Waals surface area (Å²) in [4.78, 5) is 16.3. The van der Waals surface area contributed by atoms with Gasteiger partial charge in [-0.25, -0.2) is 15.0 Å². The first kappa shape index (κ1) is 16.0. The van der Waals surface area contributed by atoms with Crippen LogP contribution in [-0.4, -0.2) is 62.8 Å². The highest BCUT2D eigenvalue weighted by Crippen LogP contribution is 2.27. The SMILES string of the molecule is CCn1cnc2c(N3CCN(C(C)C(F)(F)F)CC3)ncnc21. The Kier molecular flexibility index (Phi) is 4.13. The average molecular weight is 328 g/mol. The van der Waals surface area contributed by atoms with Gasteiger partial charge in [0.05, 0.1) is 6.33 Å². The first-order valence-corrected chi connectivity index (χ1v) is 7.63. The van der Waals surface area contributed by atoms with Crippen LogP contribution in [0.1, 0.15) is 13.8 Å². The Bertz CT molecular complexity index is 675. The fourth-order valence-electron chi connectivity index (χ4n) is 2.86. The van der Waals surface area contributed by atoms with Crippen molar-refractivity contribution in [3.05, 3.63) is 12.7 Å². The van der Waals surface area contributed by atoms with Gasteiger partial charge >= 0.3 is 6.18 Å². The average Bonchev–Trinajstić information content (AvgIpc) is 2.96. The molecule has 0 N–H and O–H groups in total. The summed E-state index contributed by atoms with van der Waals surface area (Å²) >= 11 is 0. The standard InChI is InChI=1S/C14H19F3N6/c1-3-21-9-20-11-12(21)18-8-19-13(11)23-6-4-22(5-7-23)10(2)14(15,16)17/h8-10H,3-7H2,1-2H3. The zero-order valence-corrected chi connectivity index (χ0v) is 13.1. The maximum atomic E-state index is 12.8. The predicted molar refractivity (Wildman–Crippen MR) is 80.3 cm³/mol. The number of piperazine rings is 1. The van der Waals surface area contributed by atoms with Crippen molar-refractivity contribution in [2.45, 2.75) is 32.6 Å². The van der Waals surface area contributed by atoms with Crippen LogP contribution < -0.4 is 4.90 Å². The molecular formula is C14H19F3N6. The molecule has 0 bridgehead atoms. The van der Waals surface area contributed by atoms with E-state index in [4.69, 9.17) is 0 Å². The van der Waals surface area contributed by atoms with E-state index in [2.05, 4.69) is 15.0 Å². The fourth-order valence-corrected chi connectivity index (χ4v) is 2.86. The summed E-state index contributed by atoms with van der Waals surface area (Å²) in [6.07, 6.45) is -0.995. The minimum absolute atomic E-state index is 0.348. The van der Waals surface area contributed by atoms with Gasteiger partial charge in [0.15, 0.2) is 17.0 Å².